The van der Waals surface area contributed by atoms with Crippen LogP contribution in [0.3, 0.4) is 0 Å². The molecular formula is C21H21N3O4S2. The van der Waals surface area contributed by atoms with Gasteiger partial charge in [0.15, 0.2) is 4.34 Å². The molecule has 9 heteroatoms. The molecule has 0 aliphatic rings. The molecule has 0 atom stereocenters. The third-order valence-electron chi connectivity index (χ3n) is 3.98. The van der Waals surface area contributed by atoms with Gasteiger partial charge in [-0.1, -0.05) is 18.7 Å². The van der Waals surface area contributed by atoms with Crippen LogP contribution >= 0.6 is 23.1 Å². The van der Waals surface area contributed by atoms with Crippen molar-refractivity contribution in [1.82, 2.24) is 4.98 Å². The second-order valence-corrected chi connectivity index (χ2v) is 8.45. The van der Waals surface area contributed by atoms with E-state index >= 15 is 0 Å². The molecule has 0 fully saturated rings. The molecule has 156 valence electrons. The summed E-state index contributed by atoms with van der Waals surface area (Å²) >= 11 is 2.82. The zero-order valence-electron chi connectivity index (χ0n) is 16.6. The first-order valence-electron chi connectivity index (χ1n) is 9.38. The molecule has 7 nitrogen and oxygen atoms in total. The normalized spacial score (nSPS) is 10.6. The molecule has 2 aromatic carbocycles. The van der Waals surface area contributed by atoms with Gasteiger partial charge in [-0.25, -0.2) is 9.78 Å². The fraction of sp³-hybridized carbons (Fsp3) is 0.238. The highest BCUT2D eigenvalue weighted by Gasteiger charge is 2.11. The Hall–Kier alpha value is -2.91. The number of thioether (sulfide) groups is 1. The van der Waals surface area contributed by atoms with Gasteiger partial charge in [0, 0.05) is 17.8 Å². The maximum atomic E-state index is 12.2. The smallest absolute Gasteiger partial charge is 0.338 e. The highest BCUT2D eigenvalue weighted by Crippen LogP contribution is 2.31. The molecule has 0 saturated heterocycles. The maximum absolute atomic E-state index is 12.2. The standard InChI is InChI=1S/C21H21N3O4S2/c1-3-18(25)23-15-9-10-16-17(11-15)30-21(24-16)29-12-19(26)22-14-7-5-13(6-8-14)20(27)28-4-2/h5-11H,3-4,12H2,1-2H3,(H,22,26)(H,23,25). The van der Waals surface area contributed by atoms with Gasteiger partial charge in [0.2, 0.25) is 11.8 Å². The Morgan fingerprint density at radius 2 is 1.70 bits per heavy atom. The van der Waals surface area contributed by atoms with Gasteiger partial charge in [-0.2, -0.15) is 0 Å². The lowest BCUT2D eigenvalue weighted by molar-refractivity contribution is -0.116. The first kappa shape index (κ1) is 21.8. The first-order chi connectivity index (χ1) is 14.5. The van der Waals surface area contributed by atoms with Crippen LogP contribution in [0.5, 0.6) is 0 Å². The molecule has 1 aromatic heterocycles. The van der Waals surface area contributed by atoms with Crippen molar-refractivity contribution < 1.29 is 19.1 Å². The largest absolute Gasteiger partial charge is 0.462 e. The van der Waals surface area contributed by atoms with Crippen LogP contribution < -0.4 is 10.6 Å². The van der Waals surface area contributed by atoms with E-state index in [0.29, 0.717) is 24.3 Å². The number of ether oxygens (including phenoxy) is 1. The van der Waals surface area contributed by atoms with Crippen molar-refractivity contribution in [3.05, 3.63) is 48.0 Å². The molecule has 0 aliphatic heterocycles. The summed E-state index contributed by atoms with van der Waals surface area (Å²) in [5.74, 6) is -0.391. The molecule has 3 rings (SSSR count). The summed E-state index contributed by atoms with van der Waals surface area (Å²) in [6.45, 7) is 3.86. The molecule has 0 radical (unpaired) electrons. The number of amides is 2. The monoisotopic (exact) mass is 443 g/mol. The van der Waals surface area contributed by atoms with E-state index in [2.05, 4.69) is 15.6 Å². The maximum Gasteiger partial charge on any atom is 0.338 e. The van der Waals surface area contributed by atoms with Crippen molar-refractivity contribution in [3.8, 4) is 0 Å². The Labute approximate surface area is 182 Å². The molecule has 0 unspecified atom stereocenters. The number of carbonyl (C=O) groups excluding carboxylic acids is 3. The Kier molecular flexibility index (Phi) is 7.42. The molecule has 1 heterocycles. The van der Waals surface area contributed by atoms with Gasteiger partial charge in [0.1, 0.15) is 0 Å². The van der Waals surface area contributed by atoms with Crippen LogP contribution in [0.25, 0.3) is 10.2 Å². The zero-order valence-corrected chi connectivity index (χ0v) is 18.2. The van der Waals surface area contributed by atoms with Crippen LogP contribution in [0.15, 0.2) is 46.8 Å². The molecule has 3 aromatic rings. The Bertz CT molecular complexity index is 1060. The Morgan fingerprint density at radius 3 is 2.40 bits per heavy atom. The van der Waals surface area contributed by atoms with Gasteiger partial charge >= 0.3 is 5.97 Å². The summed E-state index contributed by atoms with van der Waals surface area (Å²) in [6, 6.07) is 12.1. The minimum absolute atomic E-state index is 0.0413. The van der Waals surface area contributed by atoms with E-state index < -0.39 is 0 Å². The number of fused-ring (bicyclic) bond motifs is 1. The van der Waals surface area contributed by atoms with Crippen molar-refractivity contribution in [2.24, 2.45) is 0 Å². The summed E-state index contributed by atoms with van der Waals surface area (Å²) in [6.07, 6.45) is 0.419. The summed E-state index contributed by atoms with van der Waals surface area (Å²) < 4.78 is 6.66. The quantitative estimate of drug-likeness (QED) is 0.391. The fourth-order valence-electron chi connectivity index (χ4n) is 2.52. The molecular weight excluding hydrogens is 422 g/mol. The number of hydrogen-bond donors (Lipinski definition) is 2. The molecule has 2 amide bonds. The number of rotatable bonds is 8. The van der Waals surface area contributed by atoms with Crippen LogP contribution in [0.1, 0.15) is 30.6 Å². The molecule has 0 aliphatic carbocycles. The minimum Gasteiger partial charge on any atom is -0.462 e. The Morgan fingerprint density at radius 1 is 1.00 bits per heavy atom. The van der Waals surface area contributed by atoms with Crippen molar-refractivity contribution in [1.29, 1.82) is 0 Å². The van der Waals surface area contributed by atoms with Crippen LogP contribution in [0.2, 0.25) is 0 Å². The van der Waals surface area contributed by atoms with Crippen molar-refractivity contribution in [2.45, 2.75) is 24.6 Å². The van der Waals surface area contributed by atoms with Crippen LogP contribution in [-0.2, 0) is 14.3 Å². The van der Waals surface area contributed by atoms with Gasteiger partial charge < -0.3 is 15.4 Å². The number of hydrogen-bond acceptors (Lipinski definition) is 7. The Balaban J connectivity index is 1.55. The molecule has 30 heavy (non-hydrogen) atoms. The predicted molar refractivity (Wildman–Crippen MR) is 120 cm³/mol. The lowest BCUT2D eigenvalue weighted by Crippen LogP contribution is -2.14. The van der Waals surface area contributed by atoms with Crippen molar-refractivity contribution in [2.75, 3.05) is 23.0 Å². The highest BCUT2D eigenvalue weighted by atomic mass is 32.2. The number of esters is 1. The number of benzene rings is 2. The topological polar surface area (TPSA) is 97.4 Å². The fourth-order valence-corrected chi connectivity index (χ4v) is 4.43. The van der Waals surface area contributed by atoms with Gasteiger partial charge in [-0.05, 0) is 49.4 Å². The van der Waals surface area contributed by atoms with E-state index in [9.17, 15) is 14.4 Å². The average Bonchev–Trinajstić information content (AvgIpc) is 3.15. The van der Waals surface area contributed by atoms with E-state index in [-0.39, 0.29) is 23.5 Å². The van der Waals surface area contributed by atoms with Crippen LogP contribution in [0, 0.1) is 0 Å². The van der Waals surface area contributed by atoms with Crippen molar-refractivity contribution >= 4 is 62.5 Å². The highest BCUT2D eigenvalue weighted by molar-refractivity contribution is 8.01. The van der Waals surface area contributed by atoms with Gasteiger partial charge in [0.05, 0.1) is 28.1 Å². The van der Waals surface area contributed by atoms with Crippen LogP contribution in [-0.4, -0.2) is 35.1 Å². The lowest BCUT2D eigenvalue weighted by Gasteiger charge is -2.06. The number of nitrogens with one attached hydrogen (secondary N) is 2. The number of nitrogens with zero attached hydrogens (tertiary/aromatic N) is 1. The SMILES string of the molecule is CCOC(=O)c1ccc(NC(=O)CSc2nc3ccc(NC(=O)CC)cc3s2)cc1. The van der Waals surface area contributed by atoms with E-state index in [1.54, 1.807) is 38.1 Å². The van der Waals surface area contributed by atoms with Gasteiger partial charge in [-0.3, -0.25) is 9.59 Å². The predicted octanol–water partition coefficient (Wildman–Crippen LogP) is 4.55. The first-order valence-corrected chi connectivity index (χ1v) is 11.2. The summed E-state index contributed by atoms with van der Waals surface area (Å²) in [5, 5.41) is 5.63. The van der Waals surface area contributed by atoms with Crippen LogP contribution in [0.4, 0.5) is 11.4 Å². The summed E-state index contributed by atoms with van der Waals surface area (Å²) in [4.78, 5) is 40.0. The van der Waals surface area contributed by atoms with Gasteiger partial charge in [0.25, 0.3) is 0 Å². The average molecular weight is 444 g/mol. The molecule has 0 bridgehead atoms. The zero-order chi connectivity index (χ0) is 21.5. The number of carbonyl (C=O) groups is 3. The number of anilines is 2. The van der Waals surface area contributed by atoms with E-state index in [1.807, 2.05) is 18.2 Å². The third kappa shape index (κ3) is 5.80. The van der Waals surface area contributed by atoms with E-state index in [4.69, 9.17) is 4.74 Å². The second-order valence-electron chi connectivity index (χ2n) is 6.20. The third-order valence-corrected chi connectivity index (χ3v) is 6.14. The lowest BCUT2D eigenvalue weighted by atomic mass is 10.2. The second kappa shape index (κ2) is 10.2. The number of thiazole rings is 1. The van der Waals surface area contributed by atoms with Crippen molar-refractivity contribution in [3.63, 3.8) is 0 Å². The van der Waals surface area contributed by atoms with E-state index in [1.165, 1.54) is 23.1 Å². The molecule has 0 saturated carbocycles. The van der Waals surface area contributed by atoms with Gasteiger partial charge in [-0.15, -0.1) is 11.3 Å². The minimum atomic E-state index is -0.390. The summed E-state index contributed by atoms with van der Waals surface area (Å²) in [7, 11) is 0. The molecule has 2 N–H and O–H groups in total. The summed E-state index contributed by atoms with van der Waals surface area (Å²) in [5.41, 5.74) is 2.60. The molecule has 0 spiro atoms. The number of aromatic nitrogens is 1. The van der Waals surface area contributed by atoms with E-state index in [0.717, 1.165) is 20.2 Å².